The van der Waals surface area contributed by atoms with Crippen molar-refractivity contribution in [2.75, 3.05) is 7.11 Å². The molecule has 5 rings (SSSR count). The molecule has 0 spiro atoms. The van der Waals surface area contributed by atoms with Crippen LogP contribution in [0.3, 0.4) is 0 Å². The number of methoxy groups -OCH3 is 1. The van der Waals surface area contributed by atoms with Crippen molar-refractivity contribution >= 4 is 18.1 Å². The molecule has 1 heterocycles. The van der Waals surface area contributed by atoms with Crippen molar-refractivity contribution in [2.24, 2.45) is 0 Å². The Morgan fingerprint density at radius 1 is 0.900 bits per heavy atom. The first kappa shape index (κ1) is 26.4. The number of carbonyl (C=O) groups excluding carboxylic acids is 2. The summed E-state index contributed by atoms with van der Waals surface area (Å²) in [6.07, 6.45) is 2.73. The molecule has 0 amide bonds. The van der Waals surface area contributed by atoms with Gasteiger partial charge in [-0.05, 0) is 17.2 Å². The molecule has 0 bridgehead atoms. The quantitative estimate of drug-likeness (QED) is 0.130. The first-order valence-electron chi connectivity index (χ1n) is 12.5. The van der Waals surface area contributed by atoms with E-state index in [2.05, 4.69) is 0 Å². The molecule has 4 aromatic rings. The summed E-state index contributed by atoms with van der Waals surface area (Å²) in [5.74, 6) is -3.45. The Kier molecular flexibility index (Phi) is 7.16. The molecule has 0 saturated carbocycles. The average Bonchev–Trinajstić information content (AvgIpc) is 2.96. The van der Waals surface area contributed by atoms with Gasteiger partial charge in [0.15, 0.2) is 12.1 Å². The SMILES string of the molecule is COc1cc(O)c([C@H]2C[C@@H](c3ccccc3)Oc3c(C=O)c(O)cc(O)c32)c(O)c1C(=O)C=Cc1ccccc1. The molecule has 0 aliphatic carbocycles. The van der Waals surface area contributed by atoms with Crippen LogP contribution < -0.4 is 9.47 Å². The fourth-order valence-corrected chi connectivity index (χ4v) is 5.11. The first-order valence-corrected chi connectivity index (χ1v) is 12.5. The molecular weight excluding hydrogens is 512 g/mol. The standard InChI is InChI=1S/C32H26O8/c1-39-27-16-25(37)28(31(38)30(27)22(34)13-12-18-8-4-2-5-9-18)20-14-26(19-10-6-3-7-11-19)40-32-21(17-33)23(35)15-24(36)29(20)32/h2-13,15-17,20,26,35-38H,14H2,1H3/t20-,26+/m1/s1. The van der Waals surface area contributed by atoms with Crippen LogP contribution in [0.2, 0.25) is 0 Å². The van der Waals surface area contributed by atoms with E-state index in [0.29, 0.717) is 6.29 Å². The molecular formula is C32H26O8. The minimum atomic E-state index is -0.941. The van der Waals surface area contributed by atoms with E-state index < -0.39 is 35.1 Å². The molecule has 0 unspecified atom stereocenters. The topological polar surface area (TPSA) is 134 Å². The van der Waals surface area contributed by atoms with Crippen molar-refractivity contribution in [3.05, 3.63) is 112 Å². The van der Waals surface area contributed by atoms with Crippen LogP contribution in [0.1, 0.15) is 61.4 Å². The van der Waals surface area contributed by atoms with Gasteiger partial charge >= 0.3 is 0 Å². The van der Waals surface area contributed by atoms with Crippen LogP contribution >= 0.6 is 0 Å². The Labute approximate surface area is 230 Å². The van der Waals surface area contributed by atoms with Gasteiger partial charge < -0.3 is 29.9 Å². The fraction of sp³-hybridized carbons (Fsp3) is 0.125. The summed E-state index contributed by atoms with van der Waals surface area (Å²) < 4.78 is 11.5. The van der Waals surface area contributed by atoms with Crippen molar-refractivity contribution in [2.45, 2.75) is 18.4 Å². The van der Waals surface area contributed by atoms with Crippen LogP contribution in [0.5, 0.6) is 34.5 Å². The Hall–Kier alpha value is -5.24. The maximum atomic E-state index is 13.3. The molecule has 8 heteroatoms. The van der Waals surface area contributed by atoms with Crippen LogP contribution in [-0.2, 0) is 0 Å². The summed E-state index contributed by atoms with van der Waals surface area (Å²) in [5, 5.41) is 43.9. The minimum Gasteiger partial charge on any atom is -0.507 e. The summed E-state index contributed by atoms with van der Waals surface area (Å²) in [5.41, 5.74) is 1.16. The Morgan fingerprint density at radius 2 is 1.55 bits per heavy atom. The molecule has 0 fully saturated rings. The molecule has 4 aromatic carbocycles. The largest absolute Gasteiger partial charge is 0.507 e. The van der Waals surface area contributed by atoms with E-state index >= 15 is 0 Å². The van der Waals surface area contributed by atoms with Crippen molar-refractivity contribution in [1.82, 2.24) is 0 Å². The number of aromatic hydroxyl groups is 4. The fourth-order valence-electron chi connectivity index (χ4n) is 5.11. The Morgan fingerprint density at radius 3 is 2.20 bits per heavy atom. The van der Waals surface area contributed by atoms with Crippen LogP contribution in [0, 0.1) is 0 Å². The Balaban J connectivity index is 1.70. The summed E-state index contributed by atoms with van der Waals surface area (Å²) in [4.78, 5) is 25.3. The zero-order valence-electron chi connectivity index (χ0n) is 21.4. The number of phenols is 4. The van der Waals surface area contributed by atoms with Crippen LogP contribution in [0.15, 0.2) is 78.9 Å². The molecule has 8 nitrogen and oxygen atoms in total. The van der Waals surface area contributed by atoms with Crippen LogP contribution in [0.4, 0.5) is 0 Å². The number of phenolic OH excluding ortho intramolecular Hbond substituents is 4. The summed E-state index contributed by atoms with van der Waals surface area (Å²) >= 11 is 0. The number of benzene rings is 4. The van der Waals surface area contributed by atoms with E-state index in [1.165, 1.54) is 19.3 Å². The van der Waals surface area contributed by atoms with Crippen LogP contribution in [0.25, 0.3) is 6.08 Å². The molecule has 0 saturated heterocycles. The second-order valence-electron chi connectivity index (χ2n) is 9.34. The van der Waals surface area contributed by atoms with E-state index in [0.717, 1.165) is 17.2 Å². The van der Waals surface area contributed by atoms with Gasteiger partial charge in [-0.3, -0.25) is 9.59 Å². The molecule has 202 valence electrons. The van der Waals surface area contributed by atoms with Crippen molar-refractivity contribution in [1.29, 1.82) is 0 Å². The lowest BCUT2D eigenvalue weighted by atomic mass is 9.79. The maximum Gasteiger partial charge on any atom is 0.193 e. The number of hydrogen-bond donors (Lipinski definition) is 4. The third-order valence-electron chi connectivity index (χ3n) is 6.99. The van der Waals surface area contributed by atoms with E-state index in [9.17, 15) is 30.0 Å². The van der Waals surface area contributed by atoms with Crippen LogP contribution in [-0.4, -0.2) is 39.6 Å². The van der Waals surface area contributed by atoms with E-state index in [-0.39, 0.29) is 45.9 Å². The van der Waals surface area contributed by atoms with Gasteiger partial charge in [-0.1, -0.05) is 66.7 Å². The average molecular weight is 539 g/mol. The van der Waals surface area contributed by atoms with Gasteiger partial charge in [-0.15, -0.1) is 0 Å². The van der Waals surface area contributed by atoms with E-state index in [4.69, 9.17) is 9.47 Å². The molecule has 0 radical (unpaired) electrons. The molecule has 1 aliphatic rings. The number of fused-ring (bicyclic) bond motifs is 1. The van der Waals surface area contributed by atoms with Gasteiger partial charge in [0.2, 0.25) is 0 Å². The van der Waals surface area contributed by atoms with Crippen molar-refractivity contribution in [3.8, 4) is 34.5 Å². The molecule has 2 atom stereocenters. The molecule has 4 N–H and O–H groups in total. The highest BCUT2D eigenvalue weighted by molar-refractivity contribution is 6.11. The number of ketones is 1. The number of hydrogen-bond acceptors (Lipinski definition) is 8. The monoisotopic (exact) mass is 538 g/mol. The van der Waals surface area contributed by atoms with Gasteiger partial charge in [0.25, 0.3) is 0 Å². The van der Waals surface area contributed by atoms with Gasteiger partial charge in [-0.25, -0.2) is 0 Å². The highest BCUT2D eigenvalue weighted by Crippen LogP contribution is 2.56. The molecule has 40 heavy (non-hydrogen) atoms. The number of carbonyl (C=O) groups is 2. The third-order valence-corrected chi connectivity index (χ3v) is 6.99. The van der Waals surface area contributed by atoms with Crippen molar-refractivity contribution < 1.29 is 39.5 Å². The first-order chi connectivity index (χ1) is 19.3. The second kappa shape index (κ2) is 10.9. The van der Waals surface area contributed by atoms with Gasteiger partial charge in [0.1, 0.15) is 46.2 Å². The lowest BCUT2D eigenvalue weighted by Crippen LogP contribution is -2.22. The minimum absolute atomic E-state index is 0.0446. The number of aldehydes is 1. The molecule has 0 aromatic heterocycles. The van der Waals surface area contributed by atoms with Gasteiger partial charge in [0, 0.05) is 35.6 Å². The van der Waals surface area contributed by atoms with E-state index in [1.807, 2.05) is 60.7 Å². The summed E-state index contributed by atoms with van der Waals surface area (Å²) in [7, 11) is 1.31. The van der Waals surface area contributed by atoms with Crippen molar-refractivity contribution in [3.63, 3.8) is 0 Å². The normalized spacial score (nSPS) is 16.2. The summed E-state index contributed by atoms with van der Waals surface area (Å²) in [6, 6.07) is 20.4. The lowest BCUT2D eigenvalue weighted by molar-refractivity contribution is 0.104. The summed E-state index contributed by atoms with van der Waals surface area (Å²) in [6.45, 7) is 0. The second-order valence-corrected chi connectivity index (χ2v) is 9.34. The third kappa shape index (κ3) is 4.71. The zero-order chi connectivity index (χ0) is 28.4. The highest BCUT2D eigenvalue weighted by atomic mass is 16.5. The maximum absolute atomic E-state index is 13.3. The predicted octanol–water partition coefficient (Wildman–Crippen LogP) is 5.88. The number of allylic oxidation sites excluding steroid dienone is 1. The number of rotatable bonds is 7. The lowest BCUT2D eigenvalue weighted by Gasteiger charge is -2.35. The zero-order valence-corrected chi connectivity index (χ0v) is 21.4. The van der Waals surface area contributed by atoms with Gasteiger partial charge in [-0.2, -0.15) is 0 Å². The Bertz CT molecular complexity index is 1610. The van der Waals surface area contributed by atoms with E-state index in [1.54, 1.807) is 6.08 Å². The molecule has 1 aliphatic heterocycles. The van der Waals surface area contributed by atoms with Gasteiger partial charge in [0.05, 0.1) is 12.7 Å². The predicted molar refractivity (Wildman–Crippen MR) is 148 cm³/mol. The highest BCUT2D eigenvalue weighted by Gasteiger charge is 2.39. The number of ether oxygens (including phenoxy) is 2. The smallest absolute Gasteiger partial charge is 0.193 e.